The van der Waals surface area contributed by atoms with Gasteiger partial charge in [0, 0.05) is 45.2 Å². The molecule has 0 radical (unpaired) electrons. The lowest BCUT2D eigenvalue weighted by molar-refractivity contribution is -0.131. The van der Waals surface area contributed by atoms with Gasteiger partial charge in [-0.1, -0.05) is 0 Å². The van der Waals surface area contributed by atoms with Gasteiger partial charge in [-0.15, -0.1) is 0 Å². The highest BCUT2D eigenvalue weighted by Gasteiger charge is 2.24. The van der Waals surface area contributed by atoms with Crippen LogP contribution in [0.4, 0.5) is 0 Å². The van der Waals surface area contributed by atoms with Gasteiger partial charge < -0.3 is 9.64 Å². The van der Waals surface area contributed by atoms with Gasteiger partial charge in [0.25, 0.3) is 0 Å². The van der Waals surface area contributed by atoms with Crippen molar-refractivity contribution in [2.75, 3.05) is 32.8 Å². The first kappa shape index (κ1) is 15.4. The highest BCUT2D eigenvalue weighted by atomic mass is 16.5. The Labute approximate surface area is 132 Å². The van der Waals surface area contributed by atoms with Gasteiger partial charge in [0.15, 0.2) is 0 Å². The molecule has 0 spiro atoms. The second kappa shape index (κ2) is 7.70. The molecular weight excluding hydrogens is 278 g/mol. The molecule has 0 aromatic carbocycles. The zero-order valence-corrected chi connectivity index (χ0v) is 13.1. The molecule has 0 saturated carbocycles. The molecule has 0 N–H and O–H groups in total. The van der Waals surface area contributed by atoms with Crippen molar-refractivity contribution in [3.8, 4) is 0 Å². The van der Waals surface area contributed by atoms with Crippen LogP contribution in [0.2, 0.25) is 0 Å². The molecule has 22 heavy (non-hydrogen) atoms. The van der Waals surface area contributed by atoms with E-state index < -0.39 is 0 Å². The van der Waals surface area contributed by atoms with Crippen molar-refractivity contribution in [2.24, 2.45) is 0 Å². The molecule has 1 unspecified atom stereocenters. The smallest absolute Gasteiger partial charge is 0.236 e. The number of carbonyl (C=O) groups excluding carboxylic acids is 1. The number of carbonyl (C=O) groups is 1. The van der Waals surface area contributed by atoms with Crippen molar-refractivity contribution in [3.05, 3.63) is 30.1 Å². The monoisotopic (exact) mass is 303 g/mol. The summed E-state index contributed by atoms with van der Waals surface area (Å²) in [5, 5.41) is 0. The second-order valence-electron chi connectivity index (χ2n) is 6.25. The number of likely N-dealkylation sites (tertiary alicyclic amines) is 1. The van der Waals surface area contributed by atoms with E-state index in [9.17, 15) is 4.79 Å². The van der Waals surface area contributed by atoms with Crippen LogP contribution in [-0.4, -0.2) is 59.6 Å². The van der Waals surface area contributed by atoms with Crippen LogP contribution in [0.1, 0.15) is 31.2 Å². The average molecular weight is 303 g/mol. The fraction of sp³-hybridized carbons (Fsp3) is 0.647. The van der Waals surface area contributed by atoms with Gasteiger partial charge in [-0.3, -0.25) is 14.7 Å². The number of aromatic nitrogens is 1. The standard InChI is InChI=1S/C17H25N3O2/c21-17(20-9-1-2-10-20)14-19(13-16-4-3-11-22-16)12-15-5-7-18-8-6-15/h5-8,16H,1-4,9-14H2. The molecule has 120 valence electrons. The van der Waals surface area contributed by atoms with Crippen LogP contribution in [0.15, 0.2) is 24.5 Å². The predicted molar refractivity (Wildman–Crippen MR) is 84.3 cm³/mol. The number of amides is 1. The van der Waals surface area contributed by atoms with E-state index >= 15 is 0 Å². The zero-order valence-electron chi connectivity index (χ0n) is 13.1. The van der Waals surface area contributed by atoms with Crippen molar-refractivity contribution in [2.45, 2.75) is 38.3 Å². The van der Waals surface area contributed by atoms with E-state index in [1.54, 1.807) is 0 Å². The number of hydrogen-bond acceptors (Lipinski definition) is 4. The number of nitrogens with zero attached hydrogens (tertiary/aromatic N) is 3. The van der Waals surface area contributed by atoms with Crippen LogP contribution in [0.25, 0.3) is 0 Å². The summed E-state index contributed by atoms with van der Waals surface area (Å²) >= 11 is 0. The summed E-state index contributed by atoms with van der Waals surface area (Å²) in [7, 11) is 0. The quantitative estimate of drug-likeness (QED) is 0.802. The van der Waals surface area contributed by atoms with Crippen LogP contribution in [0.5, 0.6) is 0 Å². The van der Waals surface area contributed by atoms with E-state index in [0.29, 0.717) is 6.54 Å². The van der Waals surface area contributed by atoms with Gasteiger partial charge in [-0.05, 0) is 43.4 Å². The highest BCUT2D eigenvalue weighted by molar-refractivity contribution is 5.78. The molecule has 0 bridgehead atoms. The first-order chi connectivity index (χ1) is 10.8. The van der Waals surface area contributed by atoms with E-state index in [-0.39, 0.29) is 12.0 Å². The third kappa shape index (κ3) is 4.27. The van der Waals surface area contributed by atoms with Crippen LogP contribution >= 0.6 is 0 Å². The summed E-state index contributed by atoms with van der Waals surface area (Å²) in [4.78, 5) is 20.7. The van der Waals surface area contributed by atoms with E-state index in [2.05, 4.69) is 9.88 Å². The summed E-state index contributed by atoms with van der Waals surface area (Å²) in [6.45, 7) is 4.80. The van der Waals surface area contributed by atoms with E-state index in [0.717, 1.165) is 58.5 Å². The van der Waals surface area contributed by atoms with Crippen molar-refractivity contribution >= 4 is 5.91 Å². The Morgan fingerprint density at radius 1 is 1.27 bits per heavy atom. The molecule has 2 saturated heterocycles. The Morgan fingerprint density at radius 2 is 2.05 bits per heavy atom. The lowest BCUT2D eigenvalue weighted by Gasteiger charge is -2.27. The molecule has 3 rings (SSSR count). The number of rotatable bonds is 6. The maximum absolute atomic E-state index is 12.5. The molecule has 1 atom stereocenters. The fourth-order valence-electron chi connectivity index (χ4n) is 3.27. The van der Waals surface area contributed by atoms with E-state index in [1.165, 1.54) is 5.56 Å². The SMILES string of the molecule is O=C(CN(Cc1ccncc1)CC1CCCO1)N1CCCC1. The molecule has 3 heterocycles. The minimum atomic E-state index is 0.254. The van der Waals surface area contributed by atoms with Crippen molar-refractivity contribution in [1.29, 1.82) is 0 Å². The largest absolute Gasteiger partial charge is 0.377 e. The van der Waals surface area contributed by atoms with Crippen molar-refractivity contribution < 1.29 is 9.53 Å². The molecule has 1 aromatic heterocycles. The molecule has 5 heteroatoms. The van der Waals surface area contributed by atoms with E-state index in [1.807, 2.05) is 29.4 Å². The molecular formula is C17H25N3O2. The van der Waals surface area contributed by atoms with Gasteiger partial charge in [0.05, 0.1) is 12.6 Å². The summed E-state index contributed by atoms with van der Waals surface area (Å²) in [5.41, 5.74) is 1.20. The summed E-state index contributed by atoms with van der Waals surface area (Å²) in [6, 6.07) is 4.03. The van der Waals surface area contributed by atoms with Gasteiger partial charge >= 0.3 is 0 Å². The Kier molecular flexibility index (Phi) is 5.40. The predicted octanol–water partition coefficient (Wildman–Crippen LogP) is 1.68. The Hall–Kier alpha value is -1.46. The van der Waals surface area contributed by atoms with Crippen LogP contribution < -0.4 is 0 Å². The molecule has 1 amide bonds. The zero-order chi connectivity index (χ0) is 15.2. The second-order valence-corrected chi connectivity index (χ2v) is 6.25. The maximum Gasteiger partial charge on any atom is 0.236 e. The molecule has 1 aromatic rings. The van der Waals surface area contributed by atoms with Gasteiger partial charge in [0.2, 0.25) is 5.91 Å². The van der Waals surface area contributed by atoms with Gasteiger partial charge in [-0.25, -0.2) is 0 Å². The van der Waals surface area contributed by atoms with Crippen LogP contribution in [-0.2, 0) is 16.1 Å². The Balaban J connectivity index is 1.60. The van der Waals surface area contributed by atoms with Gasteiger partial charge in [0.1, 0.15) is 0 Å². The Morgan fingerprint density at radius 3 is 2.73 bits per heavy atom. The third-order valence-electron chi connectivity index (χ3n) is 4.46. The van der Waals surface area contributed by atoms with Gasteiger partial charge in [-0.2, -0.15) is 0 Å². The first-order valence-corrected chi connectivity index (χ1v) is 8.32. The molecule has 2 fully saturated rings. The summed E-state index contributed by atoms with van der Waals surface area (Å²) in [5.74, 6) is 0.254. The van der Waals surface area contributed by atoms with Crippen LogP contribution in [0, 0.1) is 0 Å². The highest BCUT2D eigenvalue weighted by Crippen LogP contribution is 2.16. The average Bonchev–Trinajstić information content (AvgIpc) is 3.21. The Bertz CT molecular complexity index is 468. The minimum Gasteiger partial charge on any atom is -0.377 e. The topological polar surface area (TPSA) is 45.7 Å². The first-order valence-electron chi connectivity index (χ1n) is 8.32. The number of hydrogen-bond donors (Lipinski definition) is 0. The molecule has 2 aliphatic heterocycles. The lowest BCUT2D eigenvalue weighted by Crippen LogP contribution is -2.41. The fourth-order valence-corrected chi connectivity index (χ4v) is 3.27. The number of ether oxygens (including phenoxy) is 1. The third-order valence-corrected chi connectivity index (χ3v) is 4.46. The minimum absolute atomic E-state index is 0.254. The lowest BCUT2D eigenvalue weighted by atomic mass is 10.2. The van der Waals surface area contributed by atoms with Crippen molar-refractivity contribution in [1.82, 2.24) is 14.8 Å². The van der Waals surface area contributed by atoms with Crippen LogP contribution in [0.3, 0.4) is 0 Å². The maximum atomic E-state index is 12.5. The molecule has 5 nitrogen and oxygen atoms in total. The summed E-state index contributed by atoms with van der Waals surface area (Å²) in [6.07, 6.45) is 8.40. The molecule has 2 aliphatic rings. The summed E-state index contributed by atoms with van der Waals surface area (Å²) < 4.78 is 5.75. The number of pyridine rings is 1. The normalized spacial score (nSPS) is 21.7. The molecule has 0 aliphatic carbocycles. The van der Waals surface area contributed by atoms with E-state index in [4.69, 9.17) is 4.74 Å². The van der Waals surface area contributed by atoms with Crippen molar-refractivity contribution in [3.63, 3.8) is 0 Å².